The highest BCUT2D eigenvalue weighted by atomic mass is 79.9. The Morgan fingerprint density at radius 3 is 2.90 bits per heavy atom. The number of aliphatic hydroxyl groups is 1. The number of amides is 1. The molecule has 1 atom stereocenters. The number of methoxy groups -OCH3 is 1. The summed E-state index contributed by atoms with van der Waals surface area (Å²) in [6, 6.07) is 7.38. The lowest BCUT2D eigenvalue weighted by Gasteiger charge is -2.23. The van der Waals surface area contributed by atoms with Crippen LogP contribution >= 0.6 is 15.9 Å². The highest BCUT2D eigenvalue weighted by molar-refractivity contribution is 9.10. The Morgan fingerprint density at radius 2 is 2.25 bits per heavy atom. The van der Waals surface area contributed by atoms with Crippen molar-refractivity contribution in [3.05, 3.63) is 28.7 Å². The minimum Gasteiger partial charge on any atom is -0.389 e. The van der Waals surface area contributed by atoms with Gasteiger partial charge in [-0.1, -0.05) is 22.0 Å². The van der Waals surface area contributed by atoms with Gasteiger partial charge in [-0.15, -0.1) is 0 Å². The van der Waals surface area contributed by atoms with Gasteiger partial charge >= 0.3 is 0 Å². The molecule has 3 N–H and O–H groups in total. The van der Waals surface area contributed by atoms with Crippen LogP contribution in [-0.2, 0) is 9.53 Å². The van der Waals surface area contributed by atoms with Crippen molar-refractivity contribution in [1.29, 1.82) is 0 Å². The van der Waals surface area contributed by atoms with Crippen LogP contribution in [0.1, 0.15) is 13.3 Å². The molecule has 112 valence electrons. The number of halogens is 1. The van der Waals surface area contributed by atoms with Crippen LogP contribution in [0.4, 0.5) is 5.69 Å². The fourth-order valence-corrected chi connectivity index (χ4v) is 2.03. The molecule has 1 rings (SSSR count). The van der Waals surface area contributed by atoms with E-state index in [1.807, 2.05) is 24.3 Å². The van der Waals surface area contributed by atoms with Crippen LogP contribution in [0, 0.1) is 0 Å². The van der Waals surface area contributed by atoms with Gasteiger partial charge in [0.15, 0.2) is 0 Å². The van der Waals surface area contributed by atoms with Crippen molar-refractivity contribution < 1.29 is 14.6 Å². The van der Waals surface area contributed by atoms with Crippen LogP contribution in [0.25, 0.3) is 0 Å². The second-order valence-corrected chi connectivity index (χ2v) is 5.82. The van der Waals surface area contributed by atoms with Crippen molar-refractivity contribution in [3.63, 3.8) is 0 Å². The van der Waals surface area contributed by atoms with Gasteiger partial charge in [-0.05, 0) is 25.1 Å². The molecule has 1 amide bonds. The number of benzene rings is 1. The molecule has 1 aromatic rings. The summed E-state index contributed by atoms with van der Waals surface area (Å²) in [7, 11) is 1.59. The molecule has 0 saturated heterocycles. The van der Waals surface area contributed by atoms with E-state index in [0.29, 0.717) is 19.6 Å². The lowest BCUT2D eigenvalue weighted by molar-refractivity contribution is -0.115. The van der Waals surface area contributed by atoms with Gasteiger partial charge in [0, 0.05) is 36.8 Å². The molecule has 20 heavy (non-hydrogen) atoms. The molecule has 0 fully saturated rings. The summed E-state index contributed by atoms with van der Waals surface area (Å²) in [5.74, 6) is -0.148. The molecule has 0 heterocycles. The molecular weight excluding hydrogens is 324 g/mol. The molecule has 0 saturated carbocycles. The van der Waals surface area contributed by atoms with Gasteiger partial charge in [-0.25, -0.2) is 0 Å². The minimum atomic E-state index is -0.883. The lowest BCUT2D eigenvalue weighted by atomic mass is 10.0. The predicted octanol–water partition coefficient (Wildman–Crippen LogP) is 1.76. The zero-order valence-corrected chi connectivity index (χ0v) is 13.4. The summed E-state index contributed by atoms with van der Waals surface area (Å²) in [5, 5.41) is 15.7. The van der Waals surface area contributed by atoms with E-state index in [9.17, 15) is 9.90 Å². The second-order valence-electron chi connectivity index (χ2n) is 4.90. The summed E-state index contributed by atoms with van der Waals surface area (Å²) in [5.41, 5.74) is -0.149. The second kappa shape index (κ2) is 8.36. The Morgan fingerprint density at radius 1 is 1.50 bits per heavy atom. The van der Waals surface area contributed by atoms with E-state index < -0.39 is 5.60 Å². The zero-order chi connectivity index (χ0) is 15.0. The monoisotopic (exact) mass is 344 g/mol. The molecule has 0 aromatic heterocycles. The minimum absolute atomic E-state index is 0.148. The summed E-state index contributed by atoms with van der Waals surface area (Å²) in [6.45, 7) is 2.68. The number of anilines is 1. The highest BCUT2D eigenvalue weighted by Crippen LogP contribution is 2.15. The van der Waals surface area contributed by atoms with E-state index in [0.717, 1.165) is 10.2 Å². The SMILES string of the molecule is COCCC(C)(O)CNCC(=O)Nc1cccc(Br)c1. The van der Waals surface area contributed by atoms with Crippen LogP contribution in [0.15, 0.2) is 28.7 Å². The average molecular weight is 345 g/mol. The number of ether oxygens (including phenoxy) is 1. The van der Waals surface area contributed by atoms with E-state index in [4.69, 9.17) is 4.74 Å². The smallest absolute Gasteiger partial charge is 0.238 e. The van der Waals surface area contributed by atoms with Crippen LogP contribution in [-0.4, -0.2) is 43.4 Å². The van der Waals surface area contributed by atoms with Gasteiger partial charge in [0.1, 0.15) is 0 Å². The number of hydrogen-bond donors (Lipinski definition) is 3. The molecule has 1 aromatic carbocycles. The van der Waals surface area contributed by atoms with Crippen molar-refractivity contribution >= 4 is 27.5 Å². The molecule has 0 radical (unpaired) electrons. The molecular formula is C14H21BrN2O3. The first-order valence-electron chi connectivity index (χ1n) is 6.40. The third-order valence-corrected chi connectivity index (χ3v) is 3.24. The number of hydrogen-bond acceptors (Lipinski definition) is 4. The van der Waals surface area contributed by atoms with E-state index in [1.165, 1.54) is 0 Å². The van der Waals surface area contributed by atoms with Gasteiger partial charge in [0.25, 0.3) is 0 Å². The lowest BCUT2D eigenvalue weighted by Crippen LogP contribution is -2.41. The normalized spacial score (nSPS) is 13.8. The third kappa shape index (κ3) is 7.00. The number of nitrogens with one attached hydrogen (secondary N) is 2. The number of rotatable bonds is 8. The fraction of sp³-hybridized carbons (Fsp3) is 0.500. The van der Waals surface area contributed by atoms with Gasteiger partial charge in [0.2, 0.25) is 5.91 Å². The summed E-state index contributed by atoms with van der Waals surface area (Å²) >= 11 is 3.34. The molecule has 0 aliphatic heterocycles. The van der Waals surface area contributed by atoms with Crippen molar-refractivity contribution in [2.45, 2.75) is 18.9 Å². The molecule has 0 spiro atoms. The maximum absolute atomic E-state index is 11.7. The summed E-state index contributed by atoms with van der Waals surface area (Å²) < 4.78 is 5.83. The maximum Gasteiger partial charge on any atom is 0.238 e. The molecule has 0 bridgehead atoms. The number of carbonyl (C=O) groups is 1. The zero-order valence-electron chi connectivity index (χ0n) is 11.8. The molecule has 0 aliphatic carbocycles. The first-order valence-corrected chi connectivity index (χ1v) is 7.20. The van der Waals surface area contributed by atoms with Crippen LogP contribution < -0.4 is 10.6 Å². The third-order valence-electron chi connectivity index (χ3n) is 2.74. The summed E-state index contributed by atoms with van der Waals surface area (Å²) in [6.07, 6.45) is 0.518. The Bertz CT molecular complexity index is 438. The standard InChI is InChI=1S/C14H21BrN2O3/c1-14(19,6-7-20-2)10-16-9-13(18)17-12-5-3-4-11(15)8-12/h3-5,8,16,19H,6-7,9-10H2,1-2H3,(H,17,18). The van der Waals surface area contributed by atoms with E-state index in [-0.39, 0.29) is 12.5 Å². The van der Waals surface area contributed by atoms with Gasteiger partial charge in [-0.3, -0.25) is 4.79 Å². The Hall–Kier alpha value is -0.950. The predicted molar refractivity (Wildman–Crippen MR) is 82.8 cm³/mol. The van der Waals surface area contributed by atoms with Crippen LogP contribution in [0.3, 0.4) is 0 Å². The first-order chi connectivity index (χ1) is 9.43. The van der Waals surface area contributed by atoms with E-state index in [1.54, 1.807) is 14.0 Å². The van der Waals surface area contributed by atoms with Crippen molar-refractivity contribution in [3.8, 4) is 0 Å². The van der Waals surface area contributed by atoms with Crippen molar-refractivity contribution in [2.24, 2.45) is 0 Å². The van der Waals surface area contributed by atoms with Gasteiger partial charge in [0.05, 0.1) is 12.1 Å². The fourth-order valence-electron chi connectivity index (χ4n) is 1.63. The highest BCUT2D eigenvalue weighted by Gasteiger charge is 2.19. The Balaban J connectivity index is 2.30. The van der Waals surface area contributed by atoms with Crippen molar-refractivity contribution in [2.75, 3.05) is 32.1 Å². The van der Waals surface area contributed by atoms with Gasteiger partial charge < -0.3 is 20.5 Å². The van der Waals surface area contributed by atoms with E-state index >= 15 is 0 Å². The van der Waals surface area contributed by atoms with Crippen LogP contribution in [0.2, 0.25) is 0 Å². The maximum atomic E-state index is 11.7. The quantitative estimate of drug-likeness (QED) is 0.672. The molecule has 1 unspecified atom stereocenters. The van der Waals surface area contributed by atoms with E-state index in [2.05, 4.69) is 26.6 Å². The number of carbonyl (C=O) groups excluding carboxylic acids is 1. The average Bonchev–Trinajstić information content (AvgIpc) is 2.36. The Labute approximate surface area is 127 Å². The molecule has 5 nitrogen and oxygen atoms in total. The molecule has 0 aliphatic rings. The topological polar surface area (TPSA) is 70.6 Å². The van der Waals surface area contributed by atoms with Crippen molar-refractivity contribution in [1.82, 2.24) is 5.32 Å². The largest absolute Gasteiger partial charge is 0.389 e. The van der Waals surface area contributed by atoms with Gasteiger partial charge in [-0.2, -0.15) is 0 Å². The molecule has 6 heteroatoms. The first kappa shape index (κ1) is 17.1. The van der Waals surface area contributed by atoms with Crippen LogP contribution in [0.5, 0.6) is 0 Å². The summed E-state index contributed by atoms with van der Waals surface area (Å²) in [4.78, 5) is 11.7. The Kier molecular flexibility index (Phi) is 7.15.